The second-order valence-corrected chi connectivity index (χ2v) is 13.0. The Morgan fingerprint density at radius 1 is 1.00 bits per heavy atom. The first-order chi connectivity index (χ1) is 21.3. The highest BCUT2D eigenvalue weighted by atomic mass is 79.9. The second kappa shape index (κ2) is 10.6. The van der Waals surface area contributed by atoms with E-state index in [-0.39, 0.29) is 46.8 Å². The maximum Gasteiger partial charge on any atom is 0.339 e. The summed E-state index contributed by atoms with van der Waals surface area (Å²) < 4.78 is 10.9. The van der Waals surface area contributed by atoms with Crippen LogP contribution < -0.4 is 14.4 Å². The molecule has 2 saturated heterocycles. The predicted octanol–water partition coefficient (Wildman–Crippen LogP) is 3.73. The van der Waals surface area contributed by atoms with Gasteiger partial charge in [-0.05, 0) is 30.9 Å². The Bertz CT molecular complexity index is 1750. The summed E-state index contributed by atoms with van der Waals surface area (Å²) in [5, 5.41) is 30.9. The first-order valence-electron chi connectivity index (χ1n) is 13.7. The first kappa shape index (κ1) is 31.2. The van der Waals surface area contributed by atoms with E-state index in [1.165, 1.54) is 32.4 Å². The molecular weight excluding hydrogens is 699 g/mol. The van der Waals surface area contributed by atoms with Gasteiger partial charge in [-0.3, -0.25) is 24.1 Å². The maximum atomic E-state index is 14.1. The van der Waals surface area contributed by atoms with Crippen molar-refractivity contribution in [3.63, 3.8) is 0 Å². The molecule has 1 saturated carbocycles. The third-order valence-electron chi connectivity index (χ3n) is 9.32. The van der Waals surface area contributed by atoms with Crippen molar-refractivity contribution in [3.8, 4) is 23.0 Å². The van der Waals surface area contributed by atoms with Crippen LogP contribution in [0.5, 0.6) is 23.0 Å². The number of aromatic carboxylic acids is 1. The SMILES string of the molecule is COc1cc(O)c(C2C3=CCC4C(=O)N(c5ccc(C(=O)O)c(O)c5)C(=O)C4C3CC3(Cl)C(=O)N(CBr)C(=O)C23Cl)c(OC)c1. The summed E-state index contributed by atoms with van der Waals surface area (Å²) in [7, 11) is 2.73. The van der Waals surface area contributed by atoms with Crippen LogP contribution in [0.4, 0.5) is 5.69 Å². The molecule has 2 heterocycles. The molecular formula is C30H25BrCl2N2O10. The number of allylic oxidation sites excluding steroid dienone is 2. The van der Waals surface area contributed by atoms with E-state index in [4.69, 9.17) is 32.7 Å². The molecule has 4 aliphatic rings. The van der Waals surface area contributed by atoms with Crippen LogP contribution in [0.2, 0.25) is 0 Å². The van der Waals surface area contributed by atoms with E-state index in [0.29, 0.717) is 5.57 Å². The molecule has 6 unspecified atom stereocenters. The minimum Gasteiger partial charge on any atom is -0.507 e. The van der Waals surface area contributed by atoms with Gasteiger partial charge in [0.25, 0.3) is 11.8 Å². The zero-order chi connectivity index (χ0) is 32.7. The van der Waals surface area contributed by atoms with E-state index in [1.807, 2.05) is 0 Å². The molecule has 3 fully saturated rings. The number of fused-ring (bicyclic) bond motifs is 4. The molecule has 6 rings (SSSR count). The molecule has 0 radical (unpaired) electrons. The van der Waals surface area contributed by atoms with Crippen LogP contribution in [-0.2, 0) is 19.2 Å². The van der Waals surface area contributed by atoms with E-state index in [0.717, 1.165) is 21.9 Å². The van der Waals surface area contributed by atoms with Crippen LogP contribution in [0.25, 0.3) is 0 Å². The fourth-order valence-corrected chi connectivity index (χ4v) is 8.74. The fraction of sp³-hybridized carbons (Fsp3) is 0.367. The number of carbonyl (C=O) groups excluding carboxylic acids is 4. The number of aromatic hydroxyl groups is 2. The standard InChI is InChI=1S/C30H25BrCl2N2O10/c1-44-13-8-19(37)22(20(9-13)45-2)23-14-5-6-16-21(17(14)10-29(32)27(42)34(11-31)28(43)30(23,29)33)25(39)35(24(16)38)12-3-4-15(26(40)41)18(36)7-12/h3-5,7-9,16-17,21,23,36-37H,6,10-11H2,1-2H3,(H,40,41). The Labute approximate surface area is 274 Å². The van der Waals surface area contributed by atoms with E-state index >= 15 is 0 Å². The van der Waals surface area contributed by atoms with E-state index in [1.54, 1.807) is 6.08 Å². The number of phenols is 2. The number of hydrogen-bond acceptors (Lipinski definition) is 9. The Morgan fingerprint density at radius 2 is 1.71 bits per heavy atom. The summed E-state index contributed by atoms with van der Waals surface area (Å²) in [6.07, 6.45) is 1.44. The number of imide groups is 2. The van der Waals surface area contributed by atoms with Crippen LogP contribution in [0.3, 0.4) is 0 Å². The Balaban J connectivity index is 1.53. The van der Waals surface area contributed by atoms with Crippen molar-refractivity contribution in [1.29, 1.82) is 0 Å². The lowest BCUT2D eigenvalue weighted by Gasteiger charge is -2.51. The molecule has 12 nitrogen and oxygen atoms in total. The van der Waals surface area contributed by atoms with E-state index in [2.05, 4.69) is 15.9 Å². The van der Waals surface area contributed by atoms with Gasteiger partial charge < -0.3 is 24.8 Å². The minimum absolute atomic E-state index is 0.0323. The smallest absolute Gasteiger partial charge is 0.339 e. The van der Waals surface area contributed by atoms with Crippen LogP contribution >= 0.6 is 39.1 Å². The zero-order valence-electron chi connectivity index (χ0n) is 23.6. The van der Waals surface area contributed by atoms with Gasteiger partial charge in [0.1, 0.15) is 28.6 Å². The number of benzene rings is 2. The van der Waals surface area contributed by atoms with Crippen molar-refractivity contribution in [3.05, 3.63) is 53.1 Å². The quantitative estimate of drug-likeness (QED) is 0.173. The molecule has 0 bridgehead atoms. The number of ether oxygens (including phenoxy) is 2. The van der Waals surface area contributed by atoms with Crippen molar-refractivity contribution in [1.82, 2.24) is 4.90 Å². The van der Waals surface area contributed by atoms with Gasteiger partial charge >= 0.3 is 5.97 Å². The molecule has 2 aliphatic heterocycles. The normalized spacial score (nSPS) is 30.6. The van der Waals surface area contributed by atoms with E-state index < -0.39 is 74.3 Å². The van der Waals surface area contributed by atoms with Crippen molar-refractivity contribution >= 4 is 74.4 Å². The third kappa shape index (κ3) is 4.06. The van der Waals surface area contributed by atoms with Gasteiger partial charge in [-0.25, -0.2) is 9.69 Å². The molecule has 6 atom stereocenters. The lowest BCUT2D eigenvalue weighted by atomic mass is 9.56. The number of carbonyl (C=O) groups is 5. The van der Waals surface area contributed by atoms with Gasteiger partial charge in [0.05, 0.1) is 37.2 Å². The number of phenolic OH excluding ortho intramolecular Hbond substituents is 1. The van der Waals surface area contributed by atoms with Crippen LogP contribution in [0.15, 0.2) is 42.0 Å². The number of nitrogens with zero attached hydrogens (tertiary/aromatic N) is 2. The lowest BCUT2D eigenvalue weighted by Crippen LogP contribution is -2.60. The van der Waals surface area contributed by atoms with Gasteiger partial charge in [-0.15, -0.1) is 23.2 Å². The van der Waals surface area contributed by atoms with Gasteiger partial charge in [-0.2, -0.15) is 0 Å². The molecule has 236 valence electrons. The highest BCUT2D eigenvalue weighted by Crippen LogP contribution is 2.67. The fourth-order valence-electron chi connectivity index (χ4n) is 7.33. The lowest BCUT2D eigenvalue weighted by molar-refractivity contribution is -0.138. The summed E-state index contributed by atoms with van der Waals surface area (Å²) in [4.78, 5) is 64.6. The highest BCUT2D eigenvalue weighted by molar-refractivity contribution is 9.09. The van der Waals surface area contributed by atoms with Crippen molar-refractivity contribution in [2.75, 3.05) is 24.6 Å². The van der Waals surface area contributed by atoms with Gasteiger partial charge in [0.2, 0.25) is 11.8 Å². The summed E-state index contributed by atoms with van der Waals surface area (Å²) in [5.41, 5.74) is -0.192. The summed E-state index contributed by atoms with van der Waals surface area (Å²) >= 11 is 17.6. The number of halogens is 3. The van der Waals surface area contributed by atoms with Gasteiger partial charge in [0.15, 0.2) is 9.75 Å². The maximum absolute atomic E-state index is 14.1. The van der Waals surface area contributed by atoms with Crippen molar-refractivity contribution < 1.29 is 48.8 Å². The predicted molar refractivity (Wildman–Crippen MR) is 162 cm³/mol. The number of methoxy groups -OCH3 is 2. The number of carboxylic acid groups (broad SMARTS) is 1. The Kier molecular flexibility index (Phi) is 7.37. The number of hydrogen-bond donors (Lipinski definition) is 3. The Hall–Kier alpha value is -3.81. The summed E-state index contributed by atoms with van der Waals surface area (Å²) in [5.74, 6) is -9.08. The minimum atomic E-state index is -2.17. The van der Waals surface area contributed by atoms with Crippen LogP contribution in [0, 0.1) is 17.8 Å². The van der Waals surface area contributed by atoms with Gasteiger partial charge in [-0.1, -0.05) is 27.6 Å². The number of alkyl halides is 3. The van der Waals surface area contributed by atoms with Gasteiger partial charge in [0, 0.05) is 29.7 Å². The highest BCUT2D eigenvalue weighted by Gasteiger charge is 2.76. The Morgan fingerprint density at radius 3 is 2.31 bits per heavy atom. The average molecular weight is 724 g/mol. The number of anilines is 1. The second-order valence-electron chi connectivity index (χ2n) is 11.3. The molecule has 45 heavy (non-hydrogen) atoms. The number of amides is 4. The molecule has 2 aromatic rings. The van der Waals surface area contributed by atoms with Crippen LogP contribution in [-0.4, -0.2) is 79.2 Å². The monoisotopic (exact) mass is 722 g/mol. The third-order valence-corrected chi connectivity index (χ3v) is 11.2. The molecule has 0 aromatic heterocycles. The topological polar surface area (TPSA) is 171 Å². The largest absolute Gasteiger partial charge is 0.507 e. The van der Waals surface area contributed by atoms with E-state index in [9.17, 15) is 39.3 Å². The average Bonchev–Trinajstić information content (AvgIpc) is 3.34. The molecule has 4 amide bonds. The summed E-state index contributed by atoms with van der Waals surface area (Å²) in [6.45, 7) is 0. The molecule has 3 N–H and O–H groups in total. The molecule has 2 aromatic carbocycles. The zero-order valence-corrected chi connectivity index (χ0v) is 26.7. The number of likely N-dealkylation sites (tertiary alicyclic amines) is 1. The summed E-state index contributed by atoms with van der Waals surface area (Å²) in [6, 6.07) is 6.13. The number of carboxylic acids is 1. The first-order valence-corrected chi connectivity index (χ1v) is 15.5. The molecule has 2 aliphatic carbocycles. The number of rotatable bonds is 6. The molecule has 15 heteroatoms. The van der Waals surface area contributed by atoms with Crippen LogP contribution in [0.1, 0.15) is 34.7 Å². The molecule has 0 spiro atoms. The van der Waals surface area contributed by atoms with Crippen molar-refractivity contribution in [2.24, 2.45) is 17.8 Å². The van der Waals surface area contributed by atoms with Crippen molar-refractivity contribution in [2.45, 2.75) is 28.5 Å².